The fourth-order valence-corrected chi connectivity index (χ4v) is 4.75. The van der Waals surface area contributed by atoms with E-state index in [4.69, 9.17) is 4.74 Å². The van der Waals surface area contributed by atoms with Crippen molar-refractivity contribution in [3.8, 4) is 17.0 Å². The van der Waals surface area contributed by atoms with E-state index in [1.807, 2.05) is 0 Å². The highest BCUT2D eigenvalue weighted by atomic mass is 19.4. The molecule has 0 saturated heterocycles. The zero-order valence-electron chi connectivity index (χ0n) is 24.3. The molecule has 0 aliphatic rings. The van der Waals surface area contributed by atoms with Crippen molar-refractivity contribution in [2.24, 2.45) is 0 Å². The summed E-state index contributed by atoms with van der Waals surface area (Å²) in [4.78, 5) is 28.1. The number of hydrogen-bond acceptors (Lipinski definition) is 4. The Labute approximate surface area is 263 Å². The van der Waals surface area contributed by atoms with Gasteiger partial charge in [0.2, 0.25) is 0 Å². The lowest BCUT2D eigenvalue weighted by molar-refractivity contribution is -0.138. The van der Waals surface area contributed by atoms with Gasteiger partial charge in [-0.15, -0.1) is 0 Å². The average molecular weight is 651 g/mol. The molecule has 1 heterocycles. The van der Waals surface area contributed by atoms with Crippen LogP contribution in [0.3, 0.4) is 0 Å². The normalized spacial score (nSPS) is 11.5. The molecule has 0 unspecified atom stereocenters. The molecule has 1 aromatic heterocycles. The zero-order chi connectivity index (χ0) is 33.8. The Morgan fingerprint density at radius 3 is 1.72 bits per heavy atom. The smallest absolute Gasteiger partial charge is 0.416 e. The van der Waals surface area contributed by atoms with Gasteiger partial charge in [0, 0.05) is 34.3 Å². The van der Waals surface area contributed by atoms with Crippen molar-refractivity contribution in [3.05, 3.63) is 137 Å². The third-order valence-electron chi connectivity index (χ3n) is 6.94. The maximum Gasteiger partial charge on any atom is 0.416 e. The molecule has 3 N–H and O–H groups in total. The number of benzene rings is 4. The average Bonchev–Trinajstić information content (AvgIpc) is 3.53. The highest BCUT2D eigenvalue weighted by Gasteiger charge is 2.33. The maximum atomic E-state index is 14.0. The number of carbonyl (C=O) groups is 2. The molecule has 0 aliphatic heterocycles. The molecule has 0 atom stereocenters. The predicted molar refractivity (Wildman–Crippen MR) is 163 cm³/mol. The van der Waals surface area contributed by atoms with Crippen molar-refractivity contribution in [1.29, 1.82) is 0 Å². The van der Waals surface area contributed by atoms with Crippen LogP contribution in [0.25, 0.3) is 16.8 Å². The number of ether oxygens (including phenoxy) is 1. The summed E-state index contributed by atoms with van der Waals surface area (Å²) in [5.41, 5.74) is -1.83. The van der Waals surface area contributed by atoms with E-state index in [1.54, 1.807) is 54.6 Å². The summed E-state index contributed by atoms with van der Waals surface area (Å²) in [5, 5.41) is 11.8. The third-order valence-corrected chi connectivity index (χ3v) is 6.94. The van der Waals surface area contributed by atoms with Gasteiger partial charge in [-0.3, -0.25) is 14.7 Å². The van der Waals surface area contributed by atoms with E-state index in [0.29, 0.717) is 34.7 Å². The third kappa shape index (κ3) is 7.52. The molecule has 0 radical (unpaired) electrons. The van der Waals surface area contributed by atoms with Crippen LogP contribution in [-0.4, -0.2) is 29.1 Å². The monoisotopic (exact) mass is 650 g/mol. The quantitative estimate of drug-likeness (QED) is 0.0683. The summed E-state index contributed by atoms with van der Waals surface area (Å²) < 4.78 is 86.0. The topological polar surface area (TPSA) is 96.1 Å². The van der Waals surface area contributed by atoms with Crippen molar-refractivity contribution < 1.29 is 40.7 Å². The minimum Gasteiger partial charge on any atom is -0.497 e. The number of alkyl halides is 6. The van der Waals surface area contributed by atoms with Gasteiger partial charge in [-0.25, -0.2) is 0 Å². The van der Waals surface area contributed by atoms with Gasteiger partial charge in [0.05, 0.1) is 23.9 Å². The number of halogens is 6. The van der Waals surface area contributed by atoms with Crippen LogP contribution < -0.4 is 15.4 Å². The fourth-order valence-electron chi connectivity index (χ4n) is 4.75. The molecule has 2 amide bonds. The van der Waals surface area contributed by atoms with Gasteiger partial charge >= 0.3 is 12.4 Å². The number of hydrogen-bond donors (Lipinski definition) is 3. The second-order valence-electron chi connectivity index (χ2n) is 10.1. The molecule has 7 nitrogen and oxygen atoms in total. The second-order valence-corrected chi connectivity index (χ2v) is 10.1. The van der Waals surface area contributed by atoms with Crippen molar-refractivity contribution in [2.45, 2.75) is 12.4 Å². The summed E-state index contributed by atoms with van der Waals surface area (Å²) in [6, 6.07) is 22.5. The number of nitrogens with zero attached hydrogens (tertiary/aromatic N) is 1. The highest BCUT2D eigenvalue weighted by Crippen LogP contribution is 2.36. The van der Waals surface area contributed by atoms with E-state index in [-0.39, 0.29) is 22.5 Å². The van der Waals surface area contributed by atoms with Crippen molar-refractivity contribution in [3.63, 3.8) is 0 Å². The minimum absolute atomic E-state index is 0.000815. The van der Waals surface area contributed by atoms with Crippen LogP contribution in [0.1, 0.15) is 22.3 Å². The Hall–Kier alpha value is -5.85. The Balaban J connectivity index is 1.71. The van der Waals surface area contributed by atoms with Crippen molar-refractivity contribution >= 4 is 28.8 Å². The Bertz CT molecular complexity index is 1860. The molecular formula is C34H24F6N4O3. The molecule has 13 heteroatoms. The molecule has 0 bridgehead atoms. The van der Waals surface area contributed by atoms with Gasteiger partial charge in [0.25, 0.3) is 11.8 Å². The predicted octanol–water partition coefficient (Wildman–Crippen LogP) is 8.20. The Morgan fingerprint density at radius 2 is 1.23 bits per heavy atom. The van der Waals surface area contributed by atoms with Crippen LogP contribution in [0.2, 0.25) is 0 Å². The van der Waals surface area contributed by atoms with Gasteiger partial charge in [-0.1, -0.05) is 42.5 Å². The van der Waals surface area contributed by atoms with E-state index in [1.165, 1.54) is 25.4 Å². The van der Waals surface area contributed by atoms with Crippen LogP contribution in [0, 0.1) is 0 Å². The van der Waals surface area contributed by atoms with Crippen LogP contribution >= 0.6 is 0 Å². The first-order valence-corrected chi connectivity index (χ1v) is 13.8. The van der Waals surface area contributed by atoms with E-state index >= 15 is 0 Å². The first-order valence-electron chi connectivity index (χ1n) is 13.8. The lowest BCUT2D eigenvalue weighted by Gasteiger charge is -2.18. The summed E-state index contributed by atoms with van der Waals surface area (Å²) in [7, 11) is 1.49. The van der Waals surface area contributed by atoms with Gasteiger partial charge in [0.1, 0.15) is 11.3 Å². The largest absolute Gasteiger partial charge is 0.497 e. The molecule has 5 aromatic rings. The Morgan fingerprint density at radius 1 is 0.702 bits per heavy atom. The lowest BCUT2D eigenvalue weighted by atomic mass is 9.90. The molecule has 0 fully saturated rings. The molecule has 0 saturated carbocycles. The van der Waals surface area contributed by atoms with Crippen LogP contribution in [0.15, 0.2) is 115 Å². The summed E-state index contributed by atoms with van der Waals surface area (Å²) in [5.74, 6) is -1.71. The van der Waals surface area contributed by atoms with E-state index in [9.17, 15) is 35.9 Å². The number of carbonyl (C=O) groups excluding carboxylic acids is 2. The minimum atomic E-state index is -4.72. The van der Waals surface area contributed by atoms with Gasteiger partial charge in [0.15, 0.2) is 0 Å². The van der Waals surface area contributed by atoms with Crippen LogP contribution in [-0.2, 0) is 21.9 Å². The SMILES string of the molecule is COc1ccc(-c2n[nH]cc2C(=C(C(=O)Nc2cccc(C(F)(F)F)c2)C(=O)Nc2cccc(C(F)(F)F)c2)c2ccccc2)cc1. The summed E-state index contributed by atoms with van der Waals surface area (Å²) >= 11 is 0. The zero-order valence-corrected chi connectivity index (χ0v) is 24.3. The van der Waals surface area contributed by atoms with E-state index in [2.05, 4.69) is 20.8 Å². The van der Waals surface area contributed by atoms with Gasteiger partial charge < -0.3 is 15.4 Å². The number of H-pyrrole nitrogens is 1. The highest BCUT2D eigenvalue weighted by molar-refractivity contribution is 6.31. The van der Waals surface area contributed by atoms with Crippen LogP contribution in [0.5, 0.6) is 5.75 Å². The fraction of sp³-hybridized carbons (Fsp3) is 0.0882. The van der Waals surface area contributed by atoms with Crippen molar-refractivity contribution in [1.82, 2.24) is 10.2 Å². The van der Waals surface area contributed by atoms with Gasteiger partial charge in [-0.05, 0) is 66.2 Å². The second kappa shape index (κ2) is 13.3. The van der Waals surface area contributed by atoms with Crippen LogP contribution in [0.4, 0.5) is 37.7 Å². The molecule has 5 rings (SSSR count). The number of anilines is 2. The molecule has 240 valence electrons. The standard InChI is InChI=1S/C34H24F6N4O3/c1-47-26-15-13-21(14-16-26)30-27(19-41-44-30)28(20-7-3-2-4-8-20)29(31(45)42-24-11-5-9-22(17-24)33(35,36)37)32(46)43-25-12-6-10-23(18-25)34(38,39)40/h2-19H,1H3,(H,41,44)(H,42,45)(H,43,46). The number of nitrogens with one attached hydrogen (secondary N) is 3. The van der Waals surface area contributed by atoms with E-state index in [0.717, 1.165) is 24.3 Å². The molecule has 0 aliphatic carbocycles. The number of amides is 2. The lowest BCUT2D eigenvalue weighted by Crippen LogP contribution is -2.27. The Kier molecular flexibility index (Phi) is 9.17. The number of aromatic nitrogens is 2. The van der Waals surface area contributed by atoms with Crippen molar-refractivity contribution in [2.75, 3.05) is 17.7 Å². The first kappa shape index (κ1) is 32.5. The summed E-state index contributed by atoms with van der Waals surface area (Å²) in [6.45, 7) is 0. The number of aromatic amines is 1. The van der Waals surface area contributed by atoms with E-state index < -0.39 is 40.9 Å². The molecule has 4 aromatic carbocycles. The molecule has 47 heavy (non-hydrogen) atoms. The number of methoxy groups -OCH3 is 1. The molecule has 0 spiro atoms. The number of rotatable bonds is 8. The summed E-state index contributed by atoms with van der Waals surface area (Å²) in [6.07, 6.45) is -8.02. The first-order chi connectivity index (χ1) is 22.3. The maximum absolute atomic E-state index is 14.0. The van der Waals surface area contributed by atoms with Gasteiger partial charge in [-0.2, -0.15) is 31.4 Å². The molecular weight excluding hydrogens is 626 g/mol.